The van der Waals surface area contributed by atoms with E-state index in [0.29, 0.717) is 26.4 Å². The first-order valence-electron chi connectivity index (χ1n) is 13.7. The molecule has 1 aromatic carbocycles. The van der Waals surface area contributed by atoms with Gasteiger partial charge in [-0.25, -0.2) is 0 Å². The normalized spacial score (nSPS) is 11.2. The van der Waals surface area contributed by atoms with E-state index < -0.39 is 0 Å². The van der Waals surface area contributed by atoms with Gasteiger partial charge in [0.05, 0.1) is 19.8 Å². The second-order valence-corrected chi connectivity index (χ2v) is 9.06. The van der Waals surface area contributed by atoms with Crippen molar-refractivity contribution in [1.29, 1.82) is 0 Å². The first kappa shape index (κ1) is 29.0. The lowest BCUT2D eigenvalue weighted by Gasteiger charge is -2.09. The van der Waals surface area contributed by atoms with E-state index in [1.165, 1.54) is 108 Å². The highest BCUT2D eigenvalue weighted by atomic mass is 16.5. The van der Waals surface area contributed by atoms with Gasteiger partial charge in [0.25, 0.3) is 0 Å². The van der Waals surface area contributed by atoms with E-state index in [-0.39, 0.29) is 0 Å². The summed E-state index contributed by atoms with van der Waals surface area (Å²) >= 11 is 0. The molecule has 0 spiro atoms. The lowest BCUT2D eigenvalue weighted by atomic mass is 10.0. The second kappa shape index (κ2) is 23.1. The molecule has 0 aromatic heterocycles. The van der Waals surface area contributed by atoms with Crippen LogP contribution in [0.4, 0.5) is 0 Å². The summed E-state index contributed by atoms with van der Waals surface area (Å²) in [5, 5.41) is 0. The highest BCUT2D eigenvalue weighted by Crippen LogP contribution is 2.15. The number of unbranched alkanes of at least 4 members (excludes halogenated alkanes) is 13. The number of rotatable bonds is 24. The van der Waals surface area contributed by atoms with Crippen molar-refractivity contribution in [3.05, 3.63) is 29.8 Å². The van der Waals surface area contributed by atoms with Crippen LogP contribution in [-0.4, -0.2) is 33.0 Å². The van der Waals surface area contributed by atoms with E-state index in [0.717, 1.165) is 12.4 Å². The fourth-order valence-corrected chi connectivity index (χ4v) is 3.92. The van der Waals surface area contributed by atoms with Crippen molar-refractivity contribution >= 4 is 0 Å². The molecule has 3 heteroatoms. The Labute approximate surface area is 199 Å². The fraction of sp³-hybridized carbons (Fsp3) is 0.793. The van der Waals surface area contributed by atoms with E-state index in [1.54, 1.807) is 0 Å². The molecule has 1 aromatic rings. The van der Waals surface area contributed by atoms with E-state index in [2.05, 4.69) is 38.1 Å². The van der Waals surface area contributed by atoms with Crippen molar-refractivity contribution in [2.24, 2.45) is 0 Å². The first-order chi connectivity index (χ1) is 15.9. The molecular formula is C29H52O3. The lowest BCUT2D eigenvalue weighted by Crippen LogP contribution is -2.11. The van der Waals surface area contributed by atoms with Crippen LogP contribution in [-0.2, 0) is 15.9 Å². The molecule has 0 aliphatic heterocycles. The van der Waals surface area contributed by atoms with Crippen molar-refractivity contribution < 1.29 is 14.2 Å². The van der Waals surface area contributed by atoms with Crippen LogP contribution in [0, 0.1) is 0 Å². The summed E-state index contributed by atoms with van der Waals surface area (Å²) in [6, 6.07) is 8.58. The van der Waals surface area contributed by atoms with Crippen molar-refractivity contribution in [1.82, 2.24) is 0 Å². The van der Waals surface area contributed by atoms with Gasteiger partial charge < -0.3 is 14.2 Å². The summed E-state index contributed by atoms with van der Waals surface area (Å²) in [5.74, 6) is 0.933. The molecule has 0 radical (unpaired) electrons. The molecule has 0 fully saturated rings. The molecule has 32 heavy (non-hydrogen) atoms. The standard InChI is InChI=1S/C29H52O3/c1-3-5-7-9-11-13-15-17-23-30-24-25-31-26-27-32-29-21-19-28(20-22-29)18-16-14-12-10-8-6-4-2/h19-22H,3-18,23-27H2,1-2H3. The lowest BCUT2D eigenvalue weighted by molar-refractivity contribution is 0.0352. The Hall–Kier alpha value is -1.06. The summed E-state index contributed by atoms with van der Waals surface area (Å²) in [7, 11) is 0. The average molecular weight is 449 g/mol. The van der Waals surface area contributed by atoms with Crippen molar-refractivity contribution in [3.8, 4) is 5.75 Å². The highest BCUT2D eigenvalue weighted by Gasteiger charge is 1.98. The van der Waals surface area contributed by atoms with Crippen LogP contribution in [0.5, 0.6) is 5.75 Å². The summed E-state index contributed by atoms with van der Waals surface area (Å²) in [6.07, 6.45) is 21.4. The van der Waals surface area contributed by atoms with Gasteiger partial charge in [0.2, 0.25) is 0 Å². The van der Waals surface area contributed by atoms with Crippen molar-refractivity contribution in [2.75, 3.05) is 33.0 Å². The van der Waals surface area contributed by atoms with E-state index in [9.17, 15) is 0 Å². The molecule has 0 saturated heterocycles. The van der Waals surface area contributed by atoms with E-state index in [1.807, 2.05) is 0 Å². The van der Waals surface area contributed by atoms with Gasteiger partial charge in [-0.1, -0.05) is 109 Å². The number of ether oxygens (including phenoxy) is 3. The smallest absolute Gasteiger partial charge is 0.119 e. The number of hydrogen-bond acceptors (Lipinski definition) is 3. The average Bonchev–Trinajstić information content (AvgIpc) is 2.82. The third-order valence-corrected chi connectivity index (χ3v) is 6.00. The Morgan fingerprint density at radius 2 is 0.938 bits per heavy atom. The van der Waals surface area contributed by atoms with Gasteiger partial charge >= 0.3 is 0 Å². The summed E-state index contributed by atoms with van der Waals surface area (Å²) in [5.41, 5.74) is 1.41. The zero-order valence-corrected chi connectivity index (χ0v) is 21.4. The maximum atomic E-state index is 5.78. The second-order valence-electron chi connectivity index (χ2n) is 9.06. The quantitative estimate of drug-likeness (QED) is 0.148. The molecule has 0 atom stereocenters. The number of benzene rings is 1. The summed E-state index contributed by atoms with van der Waals surface area (Å²) in [4.78, 5) is 0. The van der Waals surface area contributed by atoms with Crippen LogP contribution in [0.25, 0.3) is 0 Å². The largest absolute Gasteiger partial charge is 0.491 e. The minimum Gasteiger partial charge on any atom is -0.491 e. The summed E-state index contributed by atoms with van der Waals surface area (Å²) < 4.78 is 17.1. The number of aryl methyl sites for hydroxylation is 1. The van der Waals surface area contributed by atoms with Crippen LogP contribution in [0.15, 0.2) is 24.3 Å². The van der Waals surface area contributed by atoms with Crippen molar-refractivity contribution in [2.45, 2.75) is 117 Å². The van der Waals surface area contributed by atoms with E-state index in [4.69, 9.17) is 14.2 Å². The molecule has 0 amide bonds. The molecule has 0 aliphatic carbocycles. The zero-order valence-electron chi connectivity index (χ0n) is 21.4. The predicted molar refractivity (Wildman–Crippen MR) is 138 cm³/mol. The van der Waals surface area contributed by atoms with Gasteiger partial charge in [-0.05, 0) is 37.0 Å². The Morgan fingerprint density at radius 3 is 1.53 bits per heavy atom. The molecular weight excluding hydrogens is 396 g/mol. The third-order valence-electron chi connectivity index (χ3n) is 6.00. The predicted octanol–water partition coefficient (Wildman–Crippen LogP) is 8.53. The Balaban J connectivity index is 1.86. The number of hydrogen-bond donors (Lipinski definition) is 0. The van der Waals surface area contributed by atoms with Gasteiger partial charge in [0.15, 0.2) is 0 Å². The first-order valence-corrected chi connectivity index (χ1v) is 13.7. The maximum Gasteiger partial charge on any atom is 0.119 e. The maximum absolute atomic E-state index is 5.78. The van der Waals surface area contributed by atoms with Crippen LogP contribution in [0.1, 0.15) is 116 Å². The SMILES string of the molecule is CCCCCCCCCCOCCOCCOc1ccc(CCCCCCCCC)cc1. The molecule has 1 rings (SSSR count). The van der Waals surface area contributed by atoms with Gasteiger partial charge in [-0.2, -0.15) is 0 Å². The molecule has 0 unspecified atom stereocenters. The fourth-order valence-electron chi connectivity index (χ4n) is 3.92. The molecule has 0 aliphatic rings. The Kier molecular flexibility index (Phi) is 20.9. The minimum atomic E-state index is 0.592. The molecule has 0 saturated carbocycles. The van der Waals surface area contributed by atoms with Gasteiger partial charge in [0.1, 0.15) is 12.4 Å². The zero-order chi connectivity index (χ0) is 23.0. The third kappa shape index (κ3) is 18.5. The van der Waals surface area contributed by atoms with Crippen LogP contribution >= 0.6 is 0 Å². The topological polar surface area (TPSA) is 27.7 Å². The van der Waals surface area contributed by atoms with Gasteiger partial charge in [0, 0.05) is 6.61 Å². The van der Waals surface area contributed by atoms with Crippen LogP contribution in [0.3, 0.4) is 0 Å². The highest BCUT2D eigenvalue weighted by molar-refractivity contribution is 5.27. The molecule has 0 N–H and O–H groups in total. The molecule has 186 valence electrons. The Bertz CT molecular complexity index is 486. The minimum absolute atomic E-state index is 0.592. The van der Waals surface area contributed by atoms with Crippen molar-refractivity contribution in [3.63, 3.8) is 0 Å². The molecule has 0 heterocycles. The van der Waals surface area contributed by atoms with Gasteiger partial charge in [-0.15, -0.1) is 0 Å². The molecule has 3 nitrogen and oxygen atoms in total. The molecule has 0 bridgehead atoms. The van der Waals surface area contributed by atoms with E-state index >= 15 is 0 Å². The summed E-state index contributed by atoms with van der Waals surface area (Å²) in [6.45, 7) is 7.94. The Morgan fingerprint density at radius 1 is 0.469 bits per heavy atom. The monoisotopic (exact) mass is 448 g/mol. The van der Waals surface area contributed by atoms with Gasteiger partial charge in [-0.3, -0.25) is 0 Å². The van der Waals surface area contributed by atoms with Crippen LogP contribution < -0.4 is 4.74 Å². The van der Waals surface area contributed by atoms with Crippen LogP contribution in [0.2, 0.25) is 0 Å².